The fourth-order valence-electron chi connectivity index (χ4n) is 2.29. The maximum absolute atomic E-state index is 5.44. The molecular weight excluding hydrogens is 264 g/mol. The second-order valence-electron chi connectivity index (χ2n) is 4.73. The summed E-state index contributed by atoms with van der Waals surface area (Å²) >= 11 is 3.41. The number of nitrogen functional groups attached to an aromatic ring is 1. The van der Waals surface area contributed by atoms with Crippen LogP contribution < -0.4 is 11.3 Å². The molecular formula is C12H20N4S2. The Balaban J connectivity index is 2.07. The van der Waals surface area contributed by atoms with Gasteiger partial charge in [0.1, 0.15) is 10.8 Å². The van der Waals surface area contributed by atoms with Gasteiger partial charge in [-0.2, -0.15) is 0 Å². The molecule has 3 N–H and O–H groups in total. The van der Waals surface area contributed by atoms with Gasteiger partial charge in [-0.3, -0.25) is 0 Å². The maximum atomic E-state index is 5.44. The number of nitrogens with two attached hydrogens (primary N) is 1. The number of rotatable bonds is 4. The van der Waals surface area contributed by atoms with Gasteiger partial charge >= 0.3 is 0 Å². The molecule has 0 amide bonds. The summed E-state index contributed by atoms with van der Waals surface area (Å²) in [5, 5.41) is 2.49. The van der Waals surface area contributed by atoms with Crippen molar-refractivity contribution in [2.75, 3.05) is 11.7 Å². The Morgan fingerprint density at radius 2 is 2.22 bits per heavy atom. The van der Waals surface area contributed by atoms with E-state index in [0.717, 1.165) is 16.1 Å². The molecule has 100 valence electrons. The topological polar surface area (TPSA) is 63.8 Å². The van der Waals surface area contributed by atoms with Crippen LogP contribution in [0.5, 0.6) is 0 Å². The van der Waals surface area contributed by atoms with Crippen molar-refractivity contribution in [2.24, 2.45) is 11.8 Å². The molecule has 2 rings (SSSR count). The summed E-state index contributed by atoms with van der Waals surface area (Å²) in [6.45, 7) is 2.34. The standard InChI is InChI=1S/C12H20N4S2/c1-8-4-3-5-9(6-8)18-11-7-10(16-13)14-12(15-11)17-2/h7-9H,3-6,13H2,1-2H3,(H,14,15,16). The van der Waals surface area contributed by atoms with Crippen LogP contribution in [0.25, 0.3) is 0 Å². The Bertz CT molecular complexity index is 377. The fourth-order valence-corrected chi connectivity index (χ4v) is 4.09. The predicted octanol–water partition coefficient (Wildman–Crippen LogP) is 3.15. The lowest BCUT2D eigenvalue weighted by atomic mass is 9.91. The average Bonchev–Trinajstić information content (AvgIpc) is 2.38. The summed E-state index contributed by atoms with van der Waals surface area (Å²) in [6, 6.07) is 1.93. The number of hydrazine groups is 1. The lowest BCUT2D eigenvalue weighted by Crippen LogP contribution is -2.15. The number of anilines is 1. The molecule has 1 aliphatic carbocycles. The Morgan fingerprint density at radius 3 is 2.89 bits per heavy atom. The highest BCUT2D eigenvalue weighted by molar-refractivity contribution is 8.00. The van der Waals surface area contributed by atoms with Gasteiger partial charge in [-0.1, -0.05) is 31.5 Å². The number of aromatic nitrogens is 2. The van der Waals surface area contributed by atoms with Crippen LogP contribution in [0.2, 0.25) is 0 Å². The average molecular weight is 284 g/mol. The van der Waals surface area contributed by atoms with E-state index in [1.54, 1.807) is 11.8 Å². The zero-order valence-electron chi connectivity index (χ0n) is 10.8. The van der Waals surface area contributed by atoms with Crippen molar-refractivity contribution in [1.82, 2.24) is 9.97 Å². The zero-order chi connectivity index (χ0) is 13.0. The third-order valence-electron chi connectivity index (χ3n) is 3.19. The zero-order valence-corrected chi connectivity index (χ0v) is 12.5. The molecule has 0 radical (unpaired) electrons. The van der Waals surface area contributed by atoms with E-state index < -0.39 is 0 Å². The molecule has 2 unspecified atom stereocenters. The van der Waals surface area contributed by atoms with Gasteiger partial charge in [0.2, 0.25) is 0 Å². The fraction of sp³-hybridized carbons (Fsp3) is 0.667. The third kappa shape index (κ3) is 3.76. The van der Waals surface area contributed by atoms with E-state index >= 15 is 0 Å². The summed E-state index contributed by atoms with van der Waals surface area (Å²) < 4.78 is 0. The first-order valence-electron chi connectivity index (χ1n) is 6.27. The van der Waals surface area contributed by atoms with E-state index in [-0.39, 0.29) is 0 Å². The van der Waals surface area contributed by atoms with Crippen LogP contribution in [0, 0.1) is 5.92 Å². The molecule has 0 aliphatic heterocycles. The highest BCUT2D eigenvalue weighted by atomic mass is 32.2. The number of thioether (sulfide) groups is 2. The molecule has 1 saturated carbocycles. The van der Waals surface area contributed by atoms with Gasteiger partial charge in [-0.05, 0) is 25.0 Å². The van der Waals surface area contributed by atoms with E-state index in [2.05, 4.69) is 22.3 Å². The summed E-state index contributed by atoms with van der Waals surface area (Å²) in [4.78, 5) is 8.82. The Morgan fingerprint density at radius 1 is 1.39 bits per heavy atom. The summed E-state index contributed by atoms with van der Waals surface area (Å²) in [6.07, 6.45) is 7.26. The van der Waals surface area contributed by atoms with Crippen LogP contribution in [0.3, 0.4) is 0 Å². The van der Waals surface area contributed by atoms with Gasteiger partial charge < -0.3 is 5.43 Å². The van der Waals surface area contributed by atoms with Crippen molar-refractivity contribution in [1.29, 1.82) is 0 Å². The van der Waals surface area contributed by atoms with Crippen LogP contribution in [0.15, 0.2) is 16.2 Å². The van der Waals surface area contributed by atoms with Crippen LogP contribution in [0.4, 0.5) is 5.82 Å². The maximum Gasteiger partial charge on any atom is 0.190 e. The molecule has 1 heterocycles. The quantitative estimate of drug-likeness (QED) is 0.291. The van der Waals surface area contributed by atoms with Gasteiger partial charge in [0.05, 0.1) is 0 Å². The van der Waals surface area contributed by atoms with Crippen LogP contribution >= 0.6 is 23.5 Å². The minimum atomic E-state index is 0.684. The Kier molecular flexibility index (Phi) is 5.14. The Hall–Kier alpha value is -0.460. The number of nitrogens with zero attached hydrogens (tertiary/aromatic N) is 2. The second kappa shape index (κ2) is 6.63. The molecule has 0 saturated heterocycles. The SMILES string of the molecule is CSc1nc(NN)cc(SC2CCCC(C)C2)n1. The van der Waals surface area contributed by atoms with Crippen molar-refractivity contribution < 1.29 is 0 Å². The third-order valence-corrected chi connectivity index (χ3v) is 4.95. The first kappa shape index (κ1) is 14.0. The van der Waals surface area contributed by atoms with Crippen molar-refractivity contribution in [3.8, 4) is 0 Å². The normalized spacial score (nSPS) is 23.9. The van der Waals surface area contributed by atoms with E-state index in [1.807, 2.05) is 24.1 Å². The lowest BCUT2D eigenvalue weighted by Gasteiger charge is -2.25. The van der Waals surface area contributed by atoms with E-state index in [1.165, 1.54) is 25.7 Å². The highest BCUT2D eigenvalue weighted by Crippen LogP contribution is 2.36. The van der Waals surface area contributed by atoms with Crippen molar-refractivity contribution in [3.05, 3.63) is 6.07 Å². The molecule has 2 atom stereocenters. The molecule has 4 nitrogen and oxygen atoms in total. The van der Waals surface area contributed by atoms with Crippen molar-refractivity contribution >= 4 is 29.3 Å². The minimum absolute atomic E-state index is 0.684. The van der Waals surface area contributed by atoms with Crippen LogP contribution in [-0.4, -0.2) is 21.5 Å². The van der Waals surface area contributed by atoms with Crippen LogP contribution in [0.1, 0.15) is 32.6 Å². The van der Waals surface area contributed by atoms with Crippen molar-refractivity contribution in [2.45, 2.75) is 48.0 Å². The predicted molar refractivity (Wildman–Crippen MR) is 78.9 cm³/mol. The number of hydrogen-bond acceptors (Lipinski definition) is 6. The van der Waals surface area contributed by atoms with E-state index in [4.69, 9.17) is 5.84 Å². The first-order valence-corrected chi connectivity index (χ1v) is 8.38. The van der Waals surface area contributed by atoms with E-state index in [0.29, 0.717) is 11.1 Å². The molecule has 1 aromatic heterocycles. The highest BCUT2D eigenvalue weighted by Gasteiger charge is 2.20. The molecule has 1 aromatic rings. The molecule has 1 fully saturated rings. The lowest BCUT2D eigenvalue weighted by molar-refractivity contribution is 0.394. The van der Waals surface area contributed by atoms with Crippen molar-refractivity contribution in [3.63, 3.8) is 0 Å². The minimum Gasteiger partial charge on any atom is -0.308 e. The molecule has 6 heteroatoms. The monoisotopic (exact) mass is 284 g/mol. The van der Waals surface area contributed by atoms with Crippen LogP contribution in [-0.2, 0) is 0 Å². The Labute approximate surface area is 117 Å². The van der Waals surface area contributed by atoms with Gasteiger partial charge in [0.15, 0.2) is 5.16 Å². The molecule has 0 bridgehead atoms. The van der Waals surface area contributed by atoms with Gasteiger partial charge in [0, 0.05) is 11.3 Å². The largest absolute Gasteiger partial charge is 0.308 e. The van der Waals surface area contributed by atoms with Gasteiger partial charge in [-0.25, -0.2) is 15.8 Å². The van der Waals surface area contributed by atoms with E-state index in [9.17, 15) is 0 Å². The molecule has 1 aliphatic rings. The molecule has 18 heavy (non-hydrogen) atoms. The summed E-state index contributed by atoms with van der Waals surface area (Å²) in [7, 11) is 0. The molecule has 0 aromatic carbocycles. The second-order valence-corrected chi connectivity index (χ2v) is 6.83. The van der Waals surface area contributed by atoms with Gasteiger partial charge in [0.25, 0.3) is 0 Å². The summed E-state index contributed by atoms with van der Waals surface area (Å²) in [5.41, 5.74) is 2.61. The number of nitrogens with one attached hydrogen (secondary N) is 1. The number of hydrogen-bond donors (Lipinski definition) is 2. The smallest absolute Gasteiger partial charge is 0.190 e. The summed E-state index contributed by atoms with van der Waals surface area (Å²) in [5.74, 6) is 6.97. The molecule has 0 spiro atoms. The first-order chi connectivity index (χ1) is 8.71. The van der Waals surface area contributed by atoms with Gasteiger partial charge in [-0.15, -0.1) is 11.8 Å².